The Bertz CT molecular complexity index is 806. The highest BCUT2D eigenvalue weighted by atomic mass is 16.2. The van der Waals surface area contributed by atoms with Crippen LogP contribution < -0.4 is 16.0 Å². The SMILES string of the molecule is Cc1nn(C)c(C)c1CCC(=O)Nc1ccc(NC(=O)NC2CC2)cc1. The Hall–Kier alpha value is -2.83. The van der Waals surface area contributed by atoms with Crippen molar-refractivity contribution < 1.29 is 9.59 Å². The topological polar surface area (TPSA) is 88.1 Å². The minimum absolute atomic E-state index is 0.0418. The van der Waals surface area contributed by atoms with Gasteiger partial charge in [0.2, 0.25) is 5.91 Å². The third-order valence-electron chi connectivity index (χ3n) is 4.60. The fourth-order valence-electron chi connectivity index (χ4n) is 2.86. The Kier molecular flexibility index (Phi) is 5.25. The Morgan fingerprint density at radius 1 is 1.12 bits per heavy atom. The fraction of sp³-hybridized carbons (Fsp3) is 0.421. The van der Waals surface area contributed by atoms with Crippen LogP contribution in [0.15, 0.2) is 24.3 Å². The first-order valence-corrected chi connectivity index (χ1v) is 8.89. The molecule has 3 N–H and O–H groups in total. The van der Waals surface area contributed by atoms with Gasteiger partial charge in [-0.15, -0.1) is 0 Å². The molecule has 7 nitrogen and oxygen atoms in total. The molecule has 0 spiro atoms. The zero-order chi connectivity index (χ0) is 18.7. The first kappa shape index (κ1) is 18.0. The van der Waals surface area contributed by atoms with Crippen molar-refractivity contribution in [1.82, 2.24) is 15.1 Å². The minimum Gasteiger partial charge on any atom is -0.335 e. The average Bonchev–Trinajstić information content (AvgIpc) is 3.36. The molecule has 3 amide bonds. The predicted molar refractivity (Wildman–Crippen MR) is 101 cm³/mol. The van der Waals surface area contributed by atoms with Crippen molar-refractivity contribution in [3.05, 3.63) is 41.2 Å². The lowest BCUT2D eigenvalue weighted by Gasteiger charge is -2.09. The molecule has 0 atom stereocenters. The van der Waals surface area contributed by atoms with Gasteiger partial charge in [0.05, 0.1) is 5.69 Å². The van der Waals surface area contributed by atoms with Crippen LogP contribution in [0.2, 0.25) is 0 Å². The molecule has 0 radical (unpaired) electrons. The van der Waals surface area contributed by atoms with E-state index in [-0.39, 0.29) is 11.9 Å². The standard InChI is InChI=1S/C19H25N5O2/c1-12-17(13(2)24(3)23-12)10-11-18(25)20-14-4-6-15(7-5-14)21-19(26)22-16-8-9-16/h4-7,16H,8-11H2,1-3H3,(H,20,25)(H2,21,22,26). The molecule has 26 heavy (non-hydrogen) atoms. The predicted octanol–water partition coefficient (Wildman–Crippen LogP) is 2.89. The molecular formula is C19H25N5O2. The number of hydrogen-bond acceptors (Lipinski definition) is 3. The summed E-state index contributed by atoms with van der Waals surface area (Å²) < 4.78 is 1.84. The summed E-state index contributed by atoms with van der Waals surface area (Å²) in [5.41, 5.74) is 4.60. The second kappa shape index (κ2) is 7.59. The Labute approximate surface area is 153 Å². The molecule has 0 unspecified atom stereocenters. The van der Waals surface area contributed by atoms with E-state index in [1.807, 2.05) is 25.6 Å². The van der Waals surface area contributed by atoms with Crippen LogP contribution in [0.25, 0.3) is 0 Å². The van der Waals surface area contributed by atoms with Crippen molar-refractivity contribution >= 4 is 23.3 Å². The van der Waals surface area contributed by atoms with Crippen molar-refractivity contribution in [1.29, 1.82) is 0 Å². The number of aryl methyl sites for hydroxylation is 2. The lowest BCUT2D eigenvalue weighted by molar-refractivity contribution is -0.116. The molecule has 1 aromatic carbocycles. The van der Waals surface area contributed by atoms with Crippen LogP contribution in [0, 0.1) is 13.8 Å². The molecular weight excluding hydrogens is 330 g/mol. The van der Waals surface area contributed by atoms with Gasteiger partial charge in [-0.1, -0.05) is 0 Å². The smallest absolute Gasteiger partial charge is 0.319 e. The van der Waals surface area contributed by atoms with Crippen molar-refractivity contribution in [3.8, 4) is 0 Å². The summed E-state index contributed by atoms with van der Waals surface area (Å²) in [5, 5.41) is 12.9. The number of urea groups is 1. The van der Waals surface area contributed by atoms with Gasteiger partial charge in [0, 0.05) is 36.6 Å². The highest BCUT2D eigenvalue weighted by Gasteiger charge is 2.23. The fourth-order valence-corrected chi connectivity index (χ4v) is 2.86. The monoisotopic (exact) mass is 355 g/mol. The Balaban J connectivity index is 1.48. The number of carbonyl (C=O) groups excluding carboxylic acids is 2. The van der Waals surface area contributed by atoms with Crippen LogP contribution in [-0.2, 0) is 18.3 Å². The van der Waals surface area contributed by atoms with Gasteiger partial charge in [-0.3, -0.25) is 9.48 Å². The van der Waals surface area contributed by atoms with Crippen LogP contribution in [-0.4, -0.2) is 27.8 Å². The van der Waals surface area contributed by atoms with Gasteiger partial charge >= 0.3 is 6.03 Å². The molecule has 1 aromatic heterocycles. The molecule has 0 aliphatic heterocycles. The Morgan fingerprint density at radius 3 is 2.27 bits per heavy atom. The second-order valence-corrected chi connectivity index (χ2v) is 6.77. The summed E-state index contributed by atoms with van der Waals surface area (Å²) in [5.74, 6) is -0.0418. The maximum atomic E-state index is 12.2. The van der Waals surface area contributed by atoms with Gasteiger partial charge in [-0.2, -0.15) is 5.10 Å². The first-order chi connectivity index (χ1) is 12.4. The van der Waals surface area contributed by atoms with Crippen LogP contribution in [0.3, 0.4) is 0 Å². The molecule has 1 aliphatic carbocycles. The van der Waals surface area contributed by atoms with Gasteiger partial charge in [-0.05, 0) is 62.9 Å². The maximum absolute atomic E-state index is 12.2. The number of carbonyl (C=O) groups is 2. The Morgan fingerprint density at radius 2 is 1.73 bits per heavy atom. The van der Waals surface area contributed by atoms with Crippen molar-refractivity contribution in [3.63, 3.8) is 0 Å². The normalized spacial score (nSPS) is 13.3. The first-order valence-electron chi connectivity index (χ1n) is 8.89. The minimum atomic E-state index is -0.188. The molecule has 1 heterocycles. The number of aromatic nitrogens is 2. The third kappa shape index (κ3) is 4.62. The van der Waals surface area contributed by atoms with E-state index in [0.717, 1.165) is 29.8 Å². The number of amides is 3. The molecule has 138 valence electrons. The quantitative estimate of drug-likeness (QED) is 0.744. The van der Waals surface area contributed by atoms with Crippen LogP contribution in [0.5, 0.6) is 0 Å². The summed E-state index contributed by atoms with van der Waals surface area (Å²) in [6.07, 6.45) is 3.17. The zero-order valence-electron chi connectivity index (χ0n) is 15.4. The van der Waals surface area contributed by atoms with Crippen LogP contribution >= 0.6 is 0 Å². The van der Waals surface area contributed by atoms with E-state index in [1.54, 1.807) is 24.3 Å². The second-order valence-electron chi connectivity index (χ2n) is 6.77. The molecule has 7 heteroatoms. The van der Waals surface area contributed by atoms with E-state index in [2.05, 4.69) is 21.0 Å². The van der Waals surface area contributed by atoms with Crippen molar-refractivity contribution in [2.24, 2.45) is 7.05 Å². The zero-order valence-corrected chi connectivity index (χ0v) is 15.4. The van der Waals surface area contributed by atoms with Gasteiger partial charge < -0.3 is 16.0 Å². The number of benzene rings is 1. The lowest BCUT2D eigenvalue weighted by Crippen LogP contribution is -2.30. The third-order valence-corrected chi connectivity index (χ3v) is 4.60. The van der Waals surface area contributed by atoms with E-state index in [4.69, 9.17) is 0 Å². The highest BCUT2D eigenvalue weighted by molar-refractivity contribution is 5.92. The van der Waals surface area contributed by atoms with E-state index in [0.29, 0.717) is 30.3 Å². The maximum Gasteiger partial charge on any atom is 0.319 e. The van der Waals surface area contributed by atoms with E-state index in [1.165, 1.54) is 0 Å². The summed E-state index contributed by atoms with van der Waals surface area (Å²) in [4.78, 5) is 23.9. The van der Waals surface area contributed by atoms with Crippen LogP contribution in [0.1, 0.15) is 36.2 Å². The number of hydrogen-bond donors (Lipinski definition) is 3. The van der Waals surface area contributed by atoms with E-state index in [9.17, 15) is 9.59 Å². The van der Waals surface area contributed by atoms with Gasteiger partial charge in [-0.25, -0.2) is 4.79 Å². The number of rotatable bonds is 6. The number of nitrogens with one attached hydrogen (secondary N) is 3. The number of anilines is 2. The van der Waals surface area contributed by atoms with E-state index < -0.39 is 0 Å². The molecule has 1 fully saturated rings. The number of nitrogens with zero attached hydrogens (tertiary/aromatic N) is 2. The summed E-state index contributed by atoms with van der Waals surface area (Å²) in [6.45, 7) is 3.98. The van der Waals surface area contributed by atoms with Gasteiger partial charge in [0.25, 0.3) is 0 Å². The lowest BCUT2D eigenvalue weighted by atomic mass is 10.1. The largest absolute Gasteiger partial charge is 0.335 e. The summed E-state index contributed by atoms with van der Waals surface area (Å²) in [6, 6.07) is 7.25. The summed E-state index contributed by atoms with van der Waals surface area (Å²) >= 11 is 0. The molecule has 2 aromatic rings. The average molecular weight is 355 g/mol. The van der Waals surface area contributed by atoms with Crippen LogP contribution in [0.4, 0.5) is 16.2 Å². The van der Waals surface area contributed by atoms with Crippen molar-refractivity contribution in [2.75, 3.05) is 10.6 Å². The molecule has 1 saturated carbocycles. The van der Waals surface area contributed by atoms with Gasteiger partial charge in [0.15, 0.2) is 0 Å². The van der Waals surface area contributed by atoms with E-state index >= 15 is 0 Å². The summed E-state index contributed by atoms with van der Waals surface area (Å²) in [7, 11) is 1.91. The molecule has 0 bridgehead atoms. The molecule has 0 saturated heterocycles. The van der Waals surface area contributed by atoms with Gasteiger partial charge in [0.1, 0.15) is 0 Å². The highest BCUT2D eigenvalue weighted by Crippen LogP contribution is 2.19. The van der Waals surface area contributed by atoms with Crippen molar-refractivity contribution in [2.45, 2.75) is 45.6 Å². The molecule has 1 aliphatic rings. The molecule has 3 rings (SSSR count).